The zero-order valence-electron chi connectivity index (χ0n) is 12.7. The van der Waals surface area contributed by atoms with Crippen molar-refractivity contribution in [3.8, 4) is 11.8 Å². The van der Waals surface area contributed by atoms with E-state index in [1.54, 1.807) is 6.82 Å². The maximum atomic E-state index is 12.2. The van der Waals surface area contributed by atoms with Gasteiger partial charge >= 0.3 is 136 Å². The van der Waals surface area contributed by atoms with Crippen LogP contribution in [0.15, 0.2) is 29.6 Å². The summed E-state index contributed by atoms with van der Waals surface area (Å²) in [5.41, 5.74) is 0.432. The van der Waals surface area contributed by atoms with Crippen LogP contribution >= 0.6 is 0 Å². The minimum atomic E-state index is -1.13. The SMILES string of the molecule is CB(O)n1cnc(CC(N=CB=O)C(=O)On2c(O)ccc2O)c1. The monoisotopic (exact) mass is 332 g/mol. The van der Waals surface area contributed by atoms with Crippen molar-refractivity contribution >= 4 is 26.3 Å². The van der Waals surface area contributed by atoms with Crippen molar-refractivity contribution in [1.82, 2.24) is 14.2 Å². The zero-order valence-corrected chi connectivity index (χ0v) is 12.7. The third-order valence-electron chi connectivity index (χ3n) is 3.07. The van der Waals surface area contributed by atoms with E-state index in [-0.39, 0.29) is 6.42 Å². The fourth-order valence-electron chi connectivity index (χ4n) is 1.87. The number of aromatic hydroxyl groups is 2. The normalized spacial score (nSPS) is 12.1. The second kappa shape index (κ2) is 7.59. The molecule has 0 fully saturated rings. The zero-order chi connectivity index (χ0) is 17.7. The Kier molecular flexibility index (Phi) is 5.53. The van der Waals surface area contributed by atoms with Crippen LogP contribution in [0.3, 0.4) is 0 Å². The molecule has 0 aliphatic heterocycles. The second-order valence-electron chi connectivity index (χ2n) is 4.85. The molecule has 1 unspecified atom stereocenters. The van der Waals surface area contributed by atoms with E-state index in [1.165, 1.54) is 17.0 Å². The van der Waals surface area contributed by atoms with Gasteiger partial charge in [0.05, 0.1) is 0 Å². The first kappa shape index (κ1) is 17.5. The van der Waals surface area contributed by atoms with Crippen molar-refractivity contribution in [2.45, 2.75) is 19.3 Å². The molecule has 2 aromatic rings. The predicted molar refractivity (Wildman–Crippen MR) is 83.2 cm³/mol. The summed E-state index contributed by atoms with van der Waals surface area (Å²) in [4.78, 5) is 24.9. The van der Waals surface area contributed by atoms with Crippen molar-refractivity contribution in [1.29, 1.82) is 0 Å². The number of imidazole rings is 1. The van der Waals surface area contributed by atoms with E-state index in [4.69, 9.17) is 4.84 Å². The van der Waals surface area contributed by atoms with E-state index in [0.29, 0.717) is 17.6 Å². The molecule has 0 saturated heterocycles. The van der Waals surface area contributed by atoms with Gasteiger partial charge in [0.15, 0.2) is 0 Å². The fourth-order valence-corrected chi connectivity index (χ4v) is 1.87. The molecule has 0 aromatic carbocycles. The summed E-state index contributed by atoms with van der Waals surface area (Å²) in [5.74, 6) is -1.86. The van der Waals surface area contributed by atoms with Gasteiger partial charge < -0.3 is 0 Å². The van der Waals surface area contributed by atoms with E-state index in [2.05, 4.69) is 9.98 Å². The molecule has 0 saturated carbocycles. The molecule has 12 heteroatoms. The van der Waals surface area contributed by atoms with Gasteiger partial charge in [-0.05, 0) is 0 Å². The standard InChI is InChI=1S/C12H14B2N4O6/c1-14(23)17-5-8(16-7-17)4-9(15-6-13-22)12(21)24-18-10(19)2-3-11(18)20/h2-3,5-7,9,19-20,23H,4H2,1H3. The predicted octanol–water partition coefficient (Wildman–Crippen LogP) is -1.30. The number of aliphatic imine (C=N–C) groups is 1. The summed E-state index contributed by atoms with van der Waals surface area (Å²) in [6.07, 6.45) is 3.79. The van der Waals surface area contributed by atoms with E-state index >= 15 is 0 Å². The van der Waals surface area contributed by atoms with Gasteiger partial charge in [-0.15, -0.1) is 0 Å². The van der Waals surface area contributed by atoms with Crippen molar-refractivity contribution < 1.29 is 29.6 Å². The summed E-state index contributed by atoms with van der Waals surface area (Å²) in [7, 11) is -0.386. The van der Waals surface area contributed by atoms with Crippen LogP contribution in [0.25, 0.3) is 0 Å². The maximum absolute atomic E-state index is 12.2. The Morgan fingerprint density at radius 3 is 2.71 bits per heavy atom. The summed E-state index contributed by atoms with van der Waals surface area (Å²) in [6, 6.07) is 1.14. The molecule has 124 valence electrons. The molecule has 0 spiro atoms. The Bertz CT molecular complexity index is 737. The van der Waals surface area contributed by atoms with Crippen molar-refractivity contribution in [2.24, 2.45) is 4.99 Å². The molecule has 10 nitrogen and oxygen atoms in total. The van der Waals surface area contributed by atoms with E-state index in [9.17, 15) is 24.7 Å². The fraction of sp³-hybridized carbons (Fsp3) is 0.250. The molecule has 3 N–H and O–H groups in total. The molecule has 2 rings (SSSR count). The Hall–Kier alpha value is -2.88. The average molecular weight is 332 g/mol. The summed E-state index contributed by atoms with van der Waals surface area (Å²) < 4.78 is 12.4. The first-order valence-electron chi connectivity index (χ1n) is 6.91. The van der Waals surface area contributed by atoms with Gasteiger partial charge in [0.25, 0.3) is 0 Å². The first-order valence-corrected chi connectivity index (χ1v) is 6.91. The average Bonchev–Trinajstić information content (AvgIpc) is 3.13. The van der Waals surface area contributed by atoms with E-state index in [0.717, 1.165) is 18.2 Å². The molecular formula is C12H14B2N4O6. The van der Waals surface area contributed by atoms with Gasteiger partial charge in [-0.3, -0.25) is 0 Å². The Balaban J connectivity index is 2.16. The summed E-state index contributed by atoms with van der Waals surface area (Å²) in [5, 5.41) is 28.4. The molecule has 2 heterocycles. The first-order chi connectivity index (χ1) is 11.4. The number of hydrogen-bond acceptors (Lipinski definition) is 8. The van der Waals surface area contributed by atoms with Crippen LogP contribution in [0.1, 0.15) is 5.69 Å². The number of aromatic nitrogens is 3. The van der Waals surface area contributed by atoms with Crippen molar-refractivity contribution in [3.63, 3.8) is 0 Å². The topological polar surface area (TPSA) is 139 Å². The van der Waals surface area contributed by atoms with Crippen LogP contribution < -0.4 is 4.84 Å². The van der Waals surface area contributed by atoms with Crippen LogP contribution in [-0.4, -0.2) is 61.8 Å². The van der Waals surface area contributed by atoms with Crippen molar-refractivity contribution in [3.05, 3.63) is 30.4 Å². The molecule has 1 atom stereocenters. The Morgan fingerprint density at radius 2 is 2.17 bits per heavy atom. The number of carbonyl (C=O) groups excluding carboxylic acids is 1. The van der Waals surface area contributed by atoms with Crippen LogP contribution in [0.2, 0.25) is 6.82 Å². The van der Waals surface area contributed by atoms with Gasteiger partial charge in [-0.2, -0.15) is 0 Å². The second-order valence-corrected chi connectivity index (χ2v) is 4.85. The van der Waals surface area contributed by atoms with Crippen LogP contribution in [0.5, 0.6) is 11.8 Å². The third kappa shape index (κ3) is 4.10. The molecule has 0 aliphatic rings. The minimum absolute atomic E-state index is 0.00825. The molecule has 0 aliphatic carbocycles. The Labute approximate surface area is 137 Å². The third-order valence-corrected chi connectivity index (χ3v) is 3.07. The van der Waals surface area contributed by atoms with Crippen LogP contribution in [0.4, 0.5) is 0 Å². The van der Waals surface area contributed by atoms with Gasteiger partial charge in [-0.25, -0.2) is 0 Å². The number of hydrogen-bond donors (Lipinski definition) is 3. The quantitative estimate of drug-likeness (QED) is 0.423. The molecule has 0 amide bonds. The van der Waals surface area contributed by atoms with Gasteiger partial charge in [0.2, 0.25) is 0 Å². The van der Waals surface area contributed by atoms with Gasteiger partial charge in [-0.1, -0.05) is 0 Å². The molecule has 2 aromatic heterocycles. The van der Waals surface area contributed by atoms with E-state index < -0.39 is 30.8 Å². The Morgan fingerprint density at radius 1 is 1.50 bits per heavy atom. The van der Waals surface area contributed by atoms with E-state index in [1.807, 2.05) is 0 Å². The van der Waals surface area contributed by atoms with Crippen LogP contribution in [-0.2, 0) is 15.9 Å². The van der Waals surface area contributed by atoms with Crippen LogP contribution in [0, 0.1) is 0 Å². The van der Waals surface area contributed by atoms with Gasteiger partial charge in [0, 0.05) is 0 Å². The molecular weight excluding hydrogens is 318 g/mol. The van der Waals surface area contributed by atoms with Crippen molar-refractivity contribution in [2.75, 3.05) is 0 Å². The molecule has 0 radical (unpaired) electrons. The summed E-state index contributed by atoms with van der Waals surface area (Å²) >= 11 is 0. The number of nitrogens with zero attached hydrogens (tertiary/aromatic N) is 4. The molecule has 0 bridgehead atoms. The number of carbonyl (C=O) groups is 1. The number of rotatable bonds is 7. The van der Waals surface area contributed by atoms with Gasteiger partial charge in [0.1, 0.15) is 0 Å². The molecule has 24 heavy (non-hydrogen) atoms. The summed E-state index contributed by atoms with van der Waals surface area (Å²) in [6.45, 7) is 1.54.